The summed E-state index contributed by atoms with van der Waals surface area (Å²) in [6, 6.07) is 0. The molecule has 0 N–H and O–H groups in total. The highest BCUT2D eigenvalue weighted by Gasteiger charge is 2.17. The molecule has 0 radical (unpaired) electrons. The quantitative estimate of drug-likeness (QED) is 0.753. The van der Waals surface area contributed by atoms with Gasteiger partial charge < -0.3 is 9.64 Å². The summed E-state index contributed by atoms with van der Waals surface area (Å²) in [4.78, 5) is 5.16. The fraction of sp³-hybridized carbons (Fsp3) is 1.00. The highest BCUT2D eigenvalue weighted by Crippen LogP contribution is 2.14. The summed E-state index contributed by atoms with van der Waals surface area (Å²) < 4.78 is 5.35. The second-order valence-corrected chi connectivity index (χ2v) is 5.00. The van der Waals surface area contributed by atoms with Crippen molar-refractivity contribution < 1.29 is 4.74 Å². The Morgan fingerprint density at radius 1 is 1.00 bits per heavy atom. The second kappa shape index (κ2) is 8.90. The first-order valence-corrected chi connectivity index (χ1v) is 7.37. The van der Waals surface area contributed by atoms with Gasteiger partial charge in [-0.3, -0.25) is 4.90 Å². The molecular weight excluding hydrogens is 212 g/mol. The molecule has 2 saturated heterocycles. The zero-order valence-corrected chi connectivity index (χ0v) is 12.0. The molecule has 2 fully saturated rings. The Kier molecular flexibility index (Phi) is 7.82. The standard InChI is InChI=1S/C12H24N2O.C2H6/c1-12-3-2-4-14(11-12)6-5-13-7-9-15-10-8-13;1-2/h12H,2-11H2,1H3;1-2H3/t12-;/m1./s1. The van der Waals surface area contributed by atoms with Gasteiger partial charge in [-0.15, -0.1) is 0 Å². The summed E-state index contributed by atoms with van der Waals surface area (Å²) in [6.45, 7) is 15.6. The molecule has 2 aliphatic heterocycles. The zero-order chi connectivity index (χ0) is 12.5. The van der Waals surface area contributed by atoms with Gasteiger partial charge in [0.15, 0.2) is 0 Å². The zero-order valence-electron chi connectivity index (χ0n) is 12.0. The van der Waals surface area contributed by atoms with Crippen LogP contribution in [-0.2, 0) is 4.74 Å². The van der Waals surface area contributed by atoms with Crippen molar-refractivity contribution >= 4 is 0 Å². The van der Waals surface area contributed by atoms with Gasteiger partial charge in [-0.1, -0.05) is 20.8 Å². The molecule has 0 aromatic heterocycles. The van der Waals surface area contributed by atoms with Crippen molar-refractivity contribution in [2.75, 3.05) is 52.5 Å². The Balaban J connectivity index is 0.000000686. The van der Waals surface area contributed by atoms with E-state index in [0.717, 1.165) is 32.2 Å². The Hall–Kier alpha value is -0.120. The molecule has 102 valence electrons. The number of morpholine rings is 1. The predicted octanol–water partition coefficient (Wildman–Crippen LogP) is 2.08. The lowest BCUT2D eigenvalue weighted by Gasteiger charge is -2.33. The van der Waals surface area contributed by atoms with Gasteiger partial charge in [0.05, 0.1) is 13.2 Å². The molecule has 0 aromatic carbocycles. The van der Waals surface area contributed by atoms with E-state index in [1.54, 1.807) is 0 Å². The van der Waals surface area contributed by atoms with Crippen molar-refractivity contribution in [1.82, 2.24) is 9.80 Å². The van der Waals surface area contributed by atoms with Crippen LogP contribution in [0.5, 0.6) is 0 Å². The van der Waals surface area contributed by atoms with Crippen molar-refractivity contribution in [2.45, 2.75) is 33.6 Å². The van der Waals surface area contributed by atoms with Crippen LogP contribution in [0.1, 0.15) is 33.6 Å². The fourth-order valence-corrected chi connectivity index (χ4v) is 2.60. The van der Waals surface area contributed by atoms with Crippen molar-refractivity contribution in [3.05, 3.63) is 0 Å². The number of hydrogen-bond donors (Lipinski definition) is 0. The van der Waals surface area contributed by atoms with Crippen LogP contribution in [-0.4, -0.2) is 62.3 Å². The van der Waals surface area contributed by atoms with Crippen LogP contribution < -0.4 is 0 Å². The van der Waals surface area contributed by atoms with Crippen LogP contribution in [0.2, 0.25) is 0 Å². The highest BCUT2D eigenvalue weighted by molar-refractivity contribution is 4.72. The van der Waals surface area contributed by atoms with Crippen LogP contribution in [0.3, 0.4) is 0 Å². The SMILES string of the molecule is CC.C[C@@H]1CCCN(CCN2CCOCC2)C1. The van der Waals surface area contributed by atoms with Crippen molar-refractivity contribution in [3.8, 4) is 0 Å². The first-order chi connectivity index (χ1) is 8.34. The molecule has 3 nitrogen and oxygen atoms in total. The number of likely N-dealkylation sites (tertiary alicyclic amines) is 1. The third-order valence-electron chi connectivity index (χ3n) is 3.58. The molecule has 0 bridgehead atoms. The Labute approximate surface area is 107 Å². The number of hydrogen-bond acceptors (Lipinski definition) is 3. The summed E-state index contributed by atoms with van der Waals surface area (Å²) in [5.41, 5.74) is 0. The van der Waals surface area contributed by atoms with Gasteiger partial charge in [0.25, 0.3) is 0 Å². The topological polar surface area (TPSA) is 15.7 Å². The molecule has 0 amide bonds. The molecule has 0 unspecified atom stereocenters. The lowest BCUT2D eigenvalue weighted by atomic mass is 10.0. The van der Waals surface area contributed by atoms with Crippen molar-refractivity contribution in [1.29, 1.82) is 0 Å². The molecule has 3 heteroatoms. The van der Waals surface area contributed by atoms with E-state index in [9.17, 15) is 0 Å². The number of rotatable bonds is 3. The molecule has 0 aliphatic carbocycles. The average Bonchev–Trinajstić information content (AvgIpc) is 2.40. The molecule has 2 heterocycles. The fourth-order valence-electron chi connectivity index (χ4n) is 2.60. The van der Waals surface area contributed by atoms with E-state index in [-0.39, 0.29) is 0 Å². The number of nitrogens with zero attached hydrogens (tertiary/aromatic N) is 2. The first kappa shape index (κ1) is 14.9. The van der Waals surface area contributed by atoms with Gasteiger partial charge in [0, 0.05) is 32.7 Å². The van der Waals surface area contributed by atoms with Crippen LogP contribution in [0.25, 0.3) is 0 Å². The molecule has 0 aromatic rings. The summed E-state index contributed by atoms with van der Waals surface area (Å²) in [7, 11) is 0. The third-order valence-corrected chi connectivity index (χ3v) is 3.58. The molecule has 2 aliphatic rings. The van der Waals surface area contributed by atoms with Gasteiger partial charge in [-0.25, -0.2) is 0 Å². The smallest absolute Gasteiger partial charge is 0.0594 e. The normalized spacial score (nSPS) is 27.4. The maximum absolute atomic E-state index is 5.35. The molecule has 17 heavy (non-hydrogen) atoms. The highest BCUT2D eigenvalue weighted by atomic mass is 16.5. The van der Waals surface area contributed by atoms with E-state index >= 15 is 0 Å². The molecular formula is C14H30N2O. The largest absolute Gasteiger partial charge is 0.379 e. The summed E-state index contributed by atoms with van der Waals surface area (Å²) in [6.07, 6.45) is 2.82. The lowest BCUT2D eigenvalue weighted by molar-refractivity contribution is 0.0311. The summed E-state index contributed by atoms with van der Waals surface area (Å²) in [5, 5.41) is 0. The van der Waals surface area contributed by atoms with E-state index in [1.165, 1.54) is 39.0 Å². The van der Waals surface area contributed by atoms with E-state index in [1.807, 2.05) is 13.8 Å². The monoisotopic (exact) mass is 242 g/mol. The van der Waals surface area contributed by atoms with Crippen LogP contribution in [0.15, 0.2) is 0 Å². The average molecular weight is 242 g/mol. The van der Waals surface area contributed by atoms with Gasteiger partial charge in [-0.05, 0) is 25.3 Å². The lowest BCUT2D eigenvalue weighted by Crippen LogP contribution is -2.43. The minimum absolute atomic E-state index is 0.906. The third kappa shape index (κ3) is 5.84. The second-order valence-electron chi connectivity index (χ2n) is 5.00. The summed E-state index contributed by atoms with van der Waals surface area (Å²) >= 11 is 0. The van der Waals surface area contributed by atoms with E-state index < -0.39 is 0 Å². The van der Waals surface area contributed by atoms with Gasteiger partial charge in [0.2, 0.25) is 0 Å². The van der Waals surface area contributed by atoms with E-state index in [0.29, 0.717) is 0 Å². The van der Waals surface area contributed by atoms with E-state index in [4.69, 9.17) is 4.74 Å². The van der Waals surface area contributed by atoms with Crippen molar-refractivity contribution in [2.24, 2.45) is 5.92 Å². The Morgan fingerprint density at radius 2 is 1.65 bits per heavy atom. The molecule has 1 atom stereocenters. The predicted molar refractivity (Wildman–Crippen MR) is 73.4 cm³/mol. The van der Waals surface area contributed by atoms with E-state index in [2.05, 4.69) is 16.7 Å². The maximum atomic E-state index is 5.35. The molecule has 2 rings (SSSR count). The summed E-state index contributed by atoms with van der Waals surface area (Å²) in [5.74, 6) is 0.906. The Morgan fingerprint density at radius 3 is 2.29 bits per heavy atom. The number of ether oxygens (including phenoxy) is 1. The minimum Gasteiger partial charge on any atom is -0.379 e. The molecule has 0 saturated carbocycles. The maximum Gasteiger partial charge on any atom is 0.0594 e. The van der Waals surface area contributed by atoms with Gasteiger partial charge in [0.1, 0.15) is 0 Å². The number of piperidine rings is 1. The van der Waals surface area contributed by atoms with Crippen molar-refractivity contribution in [3.63, 3.8) is 0 Å². The van der Waals surface area contributed by atoms with Gasteiger partial charge >= 0.3 is 0 Å². The van der Waals surface area contributed by atoms with Crippen LogP contribution in [0.4, 0.5) is 0 Å². The first-order valence-electron chi connectivity index (χ1n) is 7.37. The van der Waals surface area contributed by atoms with Gasteiger partial charge in [-0.2, -0.15) is 0 Å². The Bertz CT molecular complexity index is 181. The molecule has 0 spiro atoms. The minimum atomic E-state index is 0.906. The van der Waals surface area contributed by atoms with Crippen LogP contribution >= 0.6 is 0 Å². The van der Waals surface area contributed by atoms with Crippen LogP contribution in [0, 0.1) is 5.92 Å².